The number of aryl methyl sites for hydroxylation is 1. The number of likely N-dealkylation sites (tertiary alicyclic amines) is 1. The Hall–Kier alpha value is -0.670. The smallest absolute Gasteiger partial charge is 0.144 e. The van der Waals surface area contributed by atoms with E-state index in [0.29, 0.717) is 5.15 Å². The van der Waals surface area contributed by atoms with Crippen LogP contribution in [0.4, 0.5) is 0 Å². The molecule has 0 radical (unpaired) electrons. The van der Waals surface area contributed by atoms with Crippen LogP contribution in [0.2, 0.25) is 5.15 Å². The SMILES string of the molecule is Cc1cc(Cl)nc(CN2CCCC3CCCC32)n1. The minimum absolute atomic E-state index is 0.567. The molecule has 2 fully saturated rings. The molecule has 1 aromatic heterocycles. The molecule has 1 aliphatic heterocycles. The van der Waals surface area contributed by atoms with Gasteiger partial charge in [-0.3, -0.25) is 4.90 Å². The zero-order valence-electron chi connectivity index (χ0n) is 10.9. The van der Waals surface area contributed by atoms with Gasteiger partial charge in [0.05, 0.1) is 6.54 Å². The molecule has 1 saturated carbocycles. The van der Waals surface area contributed by atoms with E-state index in [4.69, 9.17) is 11.6 Å². The predicted molar refractivity (Wildman–Crippen MR) is 72.6 cm³/mol. The van der Waals surface area contributed by atoms with Crippen LogP contribution in [0.1, 0.15) is 43.6 Å². The highest BCUT2D eigenvalue weighted by molar-refractivity contribution is 6.29. The summed E-state index contributed by atoms with van der Waals surface area (Å²) in [4.78, 5) is 11.4. The Morgan fingerprint density at radius 2 is 2.11 bits per heavy atom. The zero-order valence-corrected chi connectivity index (χ0v) is 11.7. The van der Waals surface area contributed by atoms with Crippen LogP contribution in [0.15, 0.2) is 6.07 Å². The van der Waals surface area contributed by atoms with Crippen molar-refractivity contribution in [3.63, 3.8) is 0 Å². The number of hydrogen-bond acceptors (Lipinski definition) is 3. The molecule has 1 aromatic rings. The molecule has 0 spiro atoms. The van der Waals surface area contributed by atoms with E-state index in [9.17, 15) is 0 Å². The summed E-state index contributed by atoms with van der Waals surface area (Å²) in [5.74, 6) is 1.80. The van der Waals surface area contributed by atoms with E-state index in [1.54, 1.807) is 0 Å². The van der Waals surface area contributed by atoms with Gasteiger partial charge in [0.2, 0.25) is 0 Å². The van der Waals surface area contributed by atoms with Crippen LogP contribution < -0.4 is 0 Å². The lowest BCUT2D eigenvalue weighted by Crippen LogP contribution is -2.42. The van der Waals surface area contributed by atoms with Gasteiger partial charge in [-0.15, -0.1) is 0 Å². The fourth-order valence-electron chi connectivity index (χ4n) is 3.59. The standard InChI is InChI=1S/C14H20ClN3/c1-10-8-13(15)17-14(16-10)9-18-7-3-5-11-4-2-6-12(11)18/h8,11-12H,2-7,9H2,1H3. The lowest BCUT2D eigenvalue weighted by atomic mass is 9.92. The van der Waals surface area contributed by atoms with Crippen LogP contribution in [0.25, 0.3) is 0 Å². The van der Waals surface area contributed by atoms with E-state index < -0.39 is 0 Å². The highest BCUT2D eigenvalue weighted by Crippen LogP contribution is 2.37. The van der Waals surface area contributed by atoms with Gasteiger partial charge in [0.25, 0.3) is 0 Å². The number of piperidine rings is 1. The second kappa shape index (κ2) is 5.14. The Labute approximate surface area is 114 Å². The maximum Gasteiger partial charge on any atom is 0.144 e. The van der Waals surface area contributed by atoms with Gasteiger partial charge < -0.3 is 0 Å². The average Bonchev–Trinajstić information content (AvgIpc) is 2.76. The number of hydrogen-bond donors (Lipinski definition) is 0. The van der Waals surface area contributed by atoms with E-state index in [0.717, 1.165) is 30.0 Å². The molecule has 3 rings (SSSR count). The first-order valence-corrected chi connectivity index (χ1v) is 7.34. The van der Waals surface area contributed by atoms with Crippen molar-refractivity contribution in [1.82, 2.24) is 14.9 Å². The van der Waals surface area contributed by atoms with E-state index in [-0.39, 0.29) is 0 Å². The van der Waals surface area contributed by atoms with Crippen molar-refractivity contribution in [2.75, 3.05) is 6.54 Å². The summed E-state index contributed by atoms with van der Waals surface area (Å²) in [7, 11) is 0. The fraction of sp³-hybridized carbons (Fsp3) is 0.714. The van der Waals surface area contributed by atoms with Crippen molar-refractivity contribution in [3.05, 3.63) is 22.7 Å². The number of aromatic nitrogens is 2. The molecule has 2 aliphatic rings. The van der Waals surface area contributed by atoms with Crippen molar-refractivity contribution in [2.45, 2.75) is 51.6 Å². The van der Waals surface area contributed by atoms with E-state index >= 15 is 0 Å². The average molecular weight is 266 g/mol. The molecular formula is C14H20ClN3. The minimum atomic E-state index is 0.567. The third-order valence-corrected chi connectivity index (χ3v) is 4.52. The molecule has 2 unspecified atom stereocenters. The largest absolute Gasteiger partial charge is 0.293 e. The van der Waals surface area contributed by atoms with Crippen molar-refractivity contribution in [1.29, 1.82) is 0 Å². The molecule has 0 N–H and O–H groups in total. The first-order valence-electron chi connectivity index (χ1n) is 6.96. The predicted octanol–water partition coefficient (Wildman–Crippen LogP) is 3.20. The number of rotatable bonds is 2. The maximum absolute atomic E-state index is 6.01. The summed E-state index contributed by atoms with van der Waals surface area (Å²) in [5, 5.41) is 0.567. The summed E-state index contributed by atoms with van der Waals surface area (Å²) < 4.78 is 0. The normalized spacial score (nSPS) is 28.3. The van der Waals surface area contributed by atoms with Gasteiger partial charge in [-0.25, -0.2) is 9.97 Å². The van der Waals surface area contributed by atoms with Crippen LogP contribution in [0.3, 0.4) is 0 Å². The third-order valence-electron chi connectivity index (χ3n) is 4.32. The lowest BCUT2D eigenvalue weighted by Gasteiger charge is -2.37. The van der Waals surface area contributed by atoms with Gasteiger partial charge in [-0.1, -0.05) is 18.0 Å². The zero-order chi connectivity index (χ0) is 12.5. The van der Waals surface area contributed by atoms with Crippen molar-refractivity contribution in [3.8, 4) is 0 Å². The van der Waals surface area contributed by atoms with Gasteiger partial charge >= 0.3 is 0 Å². The Morgan fingerprint density at radius 3 is 2.94 bits per heavy atom. The number of fused-ring (bicyclic) bond motifs is 1. The van der Waals surface area contributed by atoms with E-state index in [1.165, 1.54) is 38.6 Å². The van der Waals surface area contributed by atoms with Crippen molar-refractivity contribution in [2.24, 2.45) is 5.92 Å². The molecule has 0 amide bonds. The highest BCUT2D eigenvalue weighted by atomic mass is 35.5. The molecule has 1 saturated heterocycles. The first kappa shape index (κ1) is 12.4. The second-order valence-corrected chi connectivity index (χ2v) is 6.01. The molecule has 3 nitrogen and oxygen atoms in total. The Bertz CT molecular complexity index is 415. The van der Waals surface area contributed by atoms with E-state index in [1.807, 2.05) is 13.0 Å². The van der Waals surface area contributed by atoms with Gasteiger partial charge in [0, 0.05) is 11.7 Å². The minimum Gasteiger partial charge on any atom is -0.293 e. The highest BCUT2D eigenvalue weighted by Gasteiger charge is 2.35. The van der Waals surface area contributed by atoms with Crippen LogP contribution in [-0.2, 0) is 6.54 Å². The molecule has 4 heteroatoms. The fourth-order valence-corrected chi connectivity index (χ4v) is 3.85. The molecule has 1 aliphatic carbocycles. The quantitative estimate of drug-likeness (QED) is 0.769. The van der Waals surface area contributed by atoms with Gasteiger partial charge in [-0.2, -0.15) is 0 Å². The number of halogens is 1. The molecule has 2 atom stereocenters. The molecule has 18 heavy (non-hydrogen) atoms. The third kappa shape index (κ3) is 2.52. The Morgan fingerprint density at radius 1 is 1.28 bits per heavy atom. The van der Waals surface area contributed by atoms with Crippen LogP contribution in [-0.4, -0.2) is 27.5 Å². The maximum atomic E-state index is 6.01. The summed E-state index contributed by atoms with van der Waals surface area (Å²) in [6.45, 7) is 4.03. The summed E-state index contributed by atoms with van der Waals surface area (Å²) in [6.07, 6.45) is 6.89. The Kier molecular flexibility index (Phi) is 3.53. The summed E-state index contributed by atoms with van der Waals surface area (Å²) in [5.41, 5.74) is 0.963. The van der Waals surface area contributed by atoms with Gasteiger partial charge in [-0.05, 0) is 51.1 Å². The first-order chi connectivity index (χ1) is 8.72. The molecule has 98 valence electrons. The van der Waals surface area contributed by atoms with Gasteiger partial charge in [0.15, 0.2) is 0 Å². The van der Waals surface area contributed by atoms with Crippen molar-refractivity contribution < 1.29 is 0 Å². The number of nitrogens with zero attached hydrogens (tertiary/aromatic N) is 3. The topological polar surface area (TPSA) is 29.0 Å². The van der Waals surface area contributed by atoms with E-state index in [2.05, 4.69) is 14.9 Å². The van der Waals surface area contributed by atoms with Crippen LogP contribution in [0.5, 0.6) is 0 Å². The van der Waals surface area contributed by atoms with Crippen LogP contribution in [0, 0.1) is 12.8 Å². The molecule has 0 bridgehead atoms. The van der Waals surface area contributed by atoms with Gasteiger partial charge in [0.1, 0.15) is 11.0 Å². The summed E-state index contributed by atoms with van der Waals surface area (Å²) >= 11 is 6.01. The van der Waals surface area contributed by atoms with Crippen molar-refractivity contribution >= 4 is 11.6 Å². The van der Waals surface area contributed by atoms with Crippen LogP contribution >= 0.6 is 11.6 Å². The summed E-state index contributed by atoms with van der Waals surface area (Å²) in [6, 6.07) is 2.58. The molecular weight excluding hydrogens is 246 g/mol. The lowest BCUT2D eigenvalue weighted by molar-refractivity contribution is 0.103. The molecule has 0 aromatic carbocycles. The molecule has 2 heterocycles. The Balaban J connectivity index is 1.74. The monoisotopic (exact) mass is 265 g/mol. The second-order valence-electron chi connectivity index (χ2n) is 5.62.